The first-order chi connectivity index (χ1) is 9.38. The number of fused-ring (bicyclic) bond motifs is 1. The van der Waals surface area contributed by atoms with E-state index in [0.29, 0.717) is 6.04 Å². The normalized spacial score (nSPS) is 15.2. The van der Waals surface area contributed by atoms with E-state index in [1.54, 1.807) is 17.6 Å². The van der Waals surface area contributed by atoms with Crippen molar-refractivity contribution >= 4 is 21.4 Å². The van der Waals surface area contributed by atoms with Crippen molar-refractivity contribution in [2.45, 2.75) is 25.4 Å². The highest BCUT2D eigenvalue weighted by Crippen LogP contribution is 2.32. The average Bonchev–Trinajstić information content (AvgIpc) is 2.99. The van der Waals surface area contributed by atoms with Crippen molar-refractivity contribution in [1.82, 2.24) is 10.3 Å². The summed E-state index contributed by atoms with van der Waals surface area (Å²) in [7, 11) is 0. The summed E-state index contributed by atoms with van der Waals surface area (Å²) in [6, 6.07) is 11.2. The fraction of sp³-hybridized carbons (Fsp3) is 0.267. The van der Waals surface area contributed by atoms with Gasteiger partial charge in [0, 0.05) is 17.3 Å². The van der Waals surface area contributed by atoms with Crippen LogP contribution in [0.4, 0.5) is 0 Å². The van der Waals surface area contributed by atoms with Crippen LogP contribution in [0.25, 0.3) is 20.9 Å². The molecule has 19 heavy (non-hydrogen) atoms. The maximum absolute atomic E-state index is 5.59. The molecule has 0 saturated heterocycles. The number of nitrogens with one attached hydrogen (secondary N) is 1. The first-order valence-corrected chi connectivity index (χ1v) is 7.37. The van der Waals surface area contributed by atoms with Gasteiger partial charge in [0.25, 0.3) is 0 Å². The third kappa shape index (κ3) is 2.29. The number of benzene rings is 1. The summed E-state index contributed by atoms with van der Waals surface area (Å²) in [6.07, 6.45) is 4.34. The molecule has 2 aromatic heterocycles. The number of thiophene rings is 1. The molecule has 0 unspecified atom stereocenters. The Morgan fingerprint density at radius 2 is 2.21 bits per heavy atom. The Morgan fingerprint density at radius 1 is 1.32 bits per heavy atom. The van der Waals surface area contributed by atoms with Crippen LogP contribution in [0.3, 0.4) is 0 Å². The maximum atomic E-state index is 5.59. The van der Waals surface area contributed by atoms with Crippen molar-refractivity contribution in [3.8, 4) is 10.8 Å². The van der Waals surface area contributed by atoms with Crippen molar-refractivity contribution in [2.75, 3.05) is 0 Å². The highest BCUT2D eigenvalue weighted by molar-refractivity contribution is 7.22. The van der Waals surface area contributed by atoms with E-state index in [9.17, 15) is 0 Å². The lowest BCUT2D eigenvalue weighted by atomic mass is 10.2. The predicted molar refractivity (Wildman–Crippen MR) is 77.2 cm³/mol. The smallest absolute Gasteiger partial charge is 0.236 e. The number of nitrogens with zero attached hydrogens (tertiary/aromatic N) is 1. The van der Waals surface area contributed by atoms with Gasteiger partial charge in [0.05, 0.1) is 10.6 Å². The third-order valence-corrected chi connectivity index (χ3v) is 4.44. The summed E-state index contributed by atoms with van der Waals surface area (Å²) < 4.78 is 6.86. The van der Waals surface area contributed by atoms with Crippen LogP contribution in [-0.2, 0) is 6.54 Å². The topological polar surface area (TPSA) is 38.1 Å². The molecule has 0 radical (unpaired) electrons. The lowest BCUT2D eigenvalue weighted by molar-refractivity contribution is 0.571. The Bertz CT molecular complexity index is 679. The zero-order valence-corrected chi connectivity index (χ0v) is 11.2. The molecule has 96 valence electrons. The molecule has 0 spiro atoms. The fourth-order valence-electron chi connectivity index (χ4n) is 2.12. The highest BCUT2D eigenvalue weighted by atomic mass is 32.1. The van der Waals surface area contributed by atoms with Crippen molar-refractivity contribution in [3.05, 3.63) is 42.3 Å². The summed E-state index contributed by atoms with van der Waals surface area (Å²) in [5.74, 6) is 0.730. The van der Waals surface area contributed by atoms with Gasteiger partial charge in [-0.2, -0.15) is 0 Å². The first-order valence-electron chi connectivity index (χ1n) is 6.55. The molecular formula is C15H14N2OS. The largest absolute Gasteiger partial charge is 0.444 e. The van der Waals surface area contributed by atoms with Gasteiger partial charge in [0.1, 0.15) is 6.26 Å². The minimum atomic E-state index is 0.699. The lowest BCUT2D eigenvalue weighted by Crippen LogP contribution is -2.15. The summed E-state index contributed by atoms with van der Waals surface area (Å²) in [4.78, 5) is 5.65. The van der Waals surface area contributed by atoms with Crippen molar-refractivity contribution < 1.29 is 4.42 Å². The van der Waals surface area contributed by atoms with Gasteiger partial charge in [0.15, 0.2) is 0 Å². The zero-order chi connectivity index (χ0) is 12.7. The number of aromatic nitrogens is 1. The van der Waals surface area contributed by atoms with E-state index in [2.05, 4.69) is 40.6 Å². The molecule has 1 aliphatic rings. The standard InChI is InChI=1S/C15H14N2OS/c1-2-4-13-10(3-1)7-14(19-13)15-17-12(9-18-15)8-16-11-5-6-11/h1-4,7,9,11,16H,5-6,8H2. The molecule has 0 aliphatic heterocycles. The molecule has 3 nitrogen and oxygen atoms in total. The fourth-order valence-corrected chi connectivity index (χ4v) is 3.12. The maximum Gasteiger partial charge on any atom is 0.236 e. The minimum Gasteiger partial charge on any atom is -0.444 e. The Labute approximate surface area is 115 Å². The number of hydrogen-bond acceptors (Lipinski definition) is 4. The van der Waals surface area contributed by atoms with E-state index < -0.39 is 0 Å². The Hall–Kier alpha value is -1.65. The number of rotatable bonds is 4. The predicted octanol–water partition coefficient (Wildman–Crippen LogP) is 3.81. The third-order valence-electron chi connectivity index (χ3n) is 3.34. The second-order valence-electron chi connectivity index (χ2n) is 4.95. The molecule has 2 heterocycles. The molecule has 1 aliphatic carbocycles. The van der Waals surface area contributed by atoms with Crippen LogP contribution in [-0.4, -0.2) is 11.0 Å². The summed E-state index contributed by atoms with van der Waals surface area (Å²) in [5.41, 5.74) is 0.986. The molecular weight excluding hydrogens is 256 g/mol. The van der Waals surface area contributed by atoms with Crippen molar-refractivity contribution in [3.63, 3.8) is 0 Å². The SMILES string of the molecule is c1ccc2sc(-c3nc(CNC4CC4)co3)cc2c1. The van der Waals surface area contributed by atoms with E-state index in [-0.39, 0.29) is 0 Å². The quantitative estimate of drug-likeness (QED) is 0.783. The number of hydrogen-bond donors (Lipinski definition) is 1. The van der Waals surface area contributed by atoms with E-state index in [4.69, 9.17) is 4.42 Å². The van der Waals surface area contributed by atoms with Gasteiger partial charge in [-0.3, -0.25) is 0 Å². The van der Waals surface area contributed by atoms with Crippen LogP contribution in [0.2, 0.25) is 0 Å². The second-order valence-corrected chi connectivity index (χ2v) is 6.03. The Morgan fingerprint density at radius 3 is 3.05 bits per heavy atom. The van der Waals surface area contributed by atoms with Gasteiger partial charge in [-0.1, -0.05) is 18.2 Å². The molecule has 0 atom stereocenters. The number of oxazole rings is 1. The summed E-state index contributed by atoms with van der Waals surface area (Å²) in [6.45, 7) is 0.805. The molecule has 4 heteroatoms. The Balaban J connectivity index is 1.60. The highest BCUT2D eigenvalue weighted by Gasteiger charge is 2.20. The van der Waals surface area contributed by atoms with Crippen LogP contribution >= 0.6 is 11.3 Å². The van der Waals surface area contributed by atoms with Crippen LogP contribution in [0.1, 0.15) is 18.5 Å². The lowest BCUT2D eigenvalue weighted by Gasteiger charge is -1.95. The molecule has 3 aromatic rings. The van der Waals surface area contributed by atoms with Gasteiger partial charge in [-0.05, 0) is 30.4 Å². The summed E-state index contributed by atoms with van der Waals surface area (Å²) in [5, 5.41) is 4.69. The molecule has 0 amide bonds. The molecule has 1 fully saturated rings. The van der Waals surface area contributed by atoms with Gasteiger partial charge in [0.2, 0.25) is 5.89 Å². The average molecular weight is 270 g/mol. The first kappa shape index (κ1) is 11.2. The zero-order valence-electron chi connectivity index (χ0n) is 10.4. The van der Waals surface area contributed by atoms with Crippen LogP contribution in [0, 0.1) is 0 Å². The van der Waals surface area contributed by atoms with Crippen LogP contribution < -0.4 is 5.32 Å². The Kier molecular flexibility index (Phi) is 2.64. The van der Waals surface area contributed by atoms with Crippen LogP contribution in [0.5, 0.6) is 0 Å². The van der Waals surface area contributed by atoms with Gasteiger partial charge >= 0.3 is 0 Å². The van der Waals surface area contributed by atoms with Gasteiger partial charge in [-0.25, -0.2) is 4.98 Å². The molecule has 1 N–H and O–H groups in total. The minimum absolute atomic E-state index is 0.699. The second kappa shape index (κ2) is 4.47. The van der Waals surface area contributed by atoms with E-state index >= 15 is 0 Å². The van der Waals surface area contributed by atoms with E-state index in [0.717, 1.165) is 23.0 Å². The van der Waals surface area contributed by atoms with Gasteiger partial charge < -0.3 is 9.73 Å². The monoisotopic (exact) mass is 270 g/mol. The molecule has 1 saturated carbocycles. The van der Waals surface area contributed by atoms with Crippen LogP contribution in [0.15, 0.2) is 41.0 Å². The summed E-state index contributed by atoms with van der Waals surface area (Å²) >= 11 is 1.72. The molecule has 1 aromatic carbocycles. The van der Waals surface area contributed by atoms with Crippen molar-refractivity contribution in [2.24, 2.45) is 0 Å². The molecule has 4 rings (SSSR count). The van der Waals surface area contributed by atoms with E-state index in [1.165, 1.54) is 22.9 Å². The van der Waals surface area contributed by atoms with E-state index in [1.807, 2.05) is 0 Å². The van der Waals surface area contributed by atoms with Crippen molar-refractivity contribution in [1.29, 1.82) is 0 Å². The van der Waals surface area contributed by atoms with Gasteiger partial charge in [-0.15, -0.1) is 11.3 Å². The molecule has 0 bridgehead atoms.